The molecule has 0 bridgehead atoms. The zero-order valence-electron chi connectivity index (χ0n) is 8.15. The molecule has 0 fully saturated rings. The molecule has 0 saturated carbocycles. The summed E-state index contributed by atoms with van der Waals surface area (Å²) in [6, 6.07) is 0. The zero-order chi connectivity index (χ0) is 12.3. The second-order valence-corrected chi connectivity index (χ2v) is 3.06. The molecule has 1 aromatic rings. The van der Waals surface area contributed by atoms with Crippen molar-refractivity contribution in [3.8, 4) is 5.75 Å². The third kappa shape index (κ3) is 2.43. The molecule has 7 heteroatoms. The summed E-state index contributed by atoms with van der Waals surface area (Å²) < 4.78 is 25.4. The molecule has 0 atom stereocenters. The van der Waals surface area contributed by atoms with Gasteiger partial charge < -0.3 is 15.9 Å². The highest BCUT2D eigenvalue weighted by atomic mass is 19.3. The molecule has 0 aliphatic carbocycles. The third-order valence-electron chi connectivity index (χ3n) is 2.03. The Morgan fingerprint density at radius 1 is 1.56 bits per heavy atom. The molecule has 0 radical (unpaired) electrons. The number of pyridine rings is 1. The number of alkyl halides is 2. The Morgan fingerprint density at radius 2 is 2.19 bits per heavy atom. The van der Waals surface area contributed by atoms with E-state index in [2.05, 4.69) is 4.98 Å². The Kier molecular flexibility index (Phi) is 3.73. The van der Waals surface area contributed by atoms with Crippen LogP contribution in [0.1, 0.15) is 23.2 Å². The van der Waals surface area contributed by atoms with Crippen molar-refractivity contribution < 1.29 is 23.8 Å². The second-order valence-electron chi connectivity index (χ2n) is 3.06. The monoisotopic (exact) mass is 232 g/mol. The summed E-state index contributed by atoms with van der Waals surface area (Å²) >= 11 is 0. The van der Waals surface area contributed by atoms with Crippen LogP contribution in [-0.4, -0.2) is 21.2 Å². The van der Waals surface area contributed by atoms with Crippen LogP contribution in [0.2, 0.25) is 0 Å². The molecule has 16 heavy (non-hydrogen) atoms. The maximum Gasteiger partial charge on any atom is 0.309 e. The van der Waals surface area contributed by atoms with Crippen LogP contribution in [0.3, 0.4) is 0 Å². The number of carbonyl (C=O) groups is 1. The van der Waals surface area contributed by atoms with Gasteiger partial charge in [0, 0.05) is 17.7 Å². The Morgan fingerprint density at radius 3 is 2.62 bits per heavy atom. The van der Waals surface area contributed by atoms with Crippen molar-refractivity contribution >= 4 is 5.97 Å². The van der Waals surface area contributed by atoms with Crippen LogP contribution >= 0.6 is 0 Å². The van der Waals surface area contributed by atoms with Crippen LogP contribution < -0.4 is 5.73 Å². The highest BCUT2D eigenvalue weighted by Crippen LogP contribution is 2.30. The van der Waals surface area contributed by atoms with E-state index in [0.29, 0.717) is 0 Å². The maximum atomic E-state index is 12.7. The van der Waals surface area contributed by atoms with Gasteiger partial charge in [-0.15, -0.1) is 0 Å². The third-order valence-corrected chi connectivity index (χ3v) is 2.03. The minimum atomic E-state index is -2.92. The number of hydrogen-bond donors (Lipinski definition) is 3. The number of rotatable bonds is 4. The molecule has 0 aromatic carbocycles. The number of nitrogens with two attached hydrogens (primary N) is 1. The van der Waals surface area contributed by atoms with Crippen molar-refractivity contribution in [3.05, 3.63) is 23.0 Å². The van der Waals surface area contributed by atoms with E-state index < -0.39 is 30.1 Å². The first-order valence-corrected chi connectivity index (χ1v) is 4.37. The van der Waals surface area contributed by atoms with Gasteiger partial charge in [0.1, 0.15) is 5.75 Å². The Labute approximate surface area is 89.5 Å². The van der Waals surface area contributed by atoms with Gasteiger partial charge in [0.15, 0.2) is 0 Å². The predicted molar refractivity (Wildman–Crippen MR) is 50.1 cm³/mol. The number of nitrogens with zero attached hydrogens (tertiary/aromatic N) is 1. The van der Waals surface area contributed by atoms with Crippen LogP contribution in [0.4, 0.5) is 8.78 Å². The lowest BCUT2D eigenvalue weighted by Gasteiger charge is -2.12. The summed E-state index contributed by atoms with van der Waals surface area (Å²) in [5, 5.41) is 17.8. The average Bonchev–Trinajstić information content (AvgIpc) is 2.18. The van der Waals surface area contributed by atoms with Gasteiger partial charge in [-0.05, 0) is 0 Å². The molecule has 4 N–H and O–H groups in total. The van der Waals surface area contributed by atoms with Gasteiger partial charge in [-0.1, -0.05) is 0 Å². The zero-order valence-corrected chi connectivity index (χ0v) is 8.15. The summed E-state index contributed by atoms with van der Waals surface area (Å²) in [6.07, 6.45) is -2.63. The molecule has 0 aliphatic rings. The van der Waals surface area contributed by atoms with E-state index in [9.17, 15) is 18.7 Å². The van der Waals surface area contributed by atoms with Crippen molar-refractivity contribution in [1.29, 1.82) is 0 Å². The molecule has 1 rings (SSSR count). The summed E-state index contributed by atoms with van der Waals surface area (Å²) in [6.45, 7) is -0.305. The van der Waals surface area contributed by atoms with E-state index >= 15 is 0 Å². The van der Waals surface area contributed by atoms with Crippen molar-refractivity contribution in [1.82, 2.24) is 4.98 Å². The lowest BCUT2D eigenvalue weighted by molar-refractivity contribution is -0.136. The molecule has 1 aromatic heterocycles. The van der Waals surface area contributed by atoms with E-state index in [1.807, 2.05) is 0 Å². The minimum Gasteiger partial charge on any atom is -0.506 e. The van der Waals surface area contributed by atoms with Crippen LogP contribution in [0.5, 0.6) is 5.75 Å². The predicted octanol–water partition coefficient (Wildman–Crippen LogP) is 0.811. The smallest absolute Gasteiger partial charge is 0.309 e. The van der Waals surface area contributed by atoms with Gasteiger partial charge in [0.05, 0.1) is 18.3 Å². The Balaban J connectivity index is 3.32. The molecule has 0 unspecified atom stereocenters. The van der Waals surface area contributed by atoms with Crippen LogP contribution in [0, 0.1) is 0 Å². The van der Waals surface area contributed by atoms with E-state index in [4.69, 9.17) is 10.8 Å². The highest BCUT2D eigenvalue weighted by Gasteiger charge is 2.22. The van der Waals surface area contributed by atoms with E-state index in [-0.39, 0.29) is 17.8 Å². The quantitative estimate of drug-likeness (QED) is 0.713. The van der Waals surface area contributed by atoms with Gasteiger partial charge >= 0.3 is 5.97 Å². The second kappa shape index (κ2) is 4.84. The fraction of sp³-hybridized carbons (Fsp3) is 0.333. The Bertz CT molecular complexity index is 410. The summed E-state index contributed by atoms with van der Waals surface area (Å²) in [7, 11) is 0. The van der Waals surface area contributed by atoms with Crippen molar-refractivity contribution in [2.45, 2.75) is 19.4 Å². The minimum absolute atomic E-state index is 0.166. The normalized spacial score (nSPS) is 10.8. The fourth-order valence-corrected chi connectivity index (χ4v) is 1.35. The summed E-state index contributed by atoms with van der Waals surface area (Å²) in [5.41, 5.74) is 4.19. The molecule has 0 aliphatic heterocycles. The van der Waals surface area contributed by atoms with Gasteiger partial charge in [0.2, 0.25) is 0 Å². The average molecular weight is 232 g/mol. The first-order chi connectivity index (χ1) is 7.47. The van der Waals surface area contributed by atoms with Gasteiger partial charge in [-0.3, -0.25) is 9.78 Å². The van der Waals surface area contributed by atoms with Crippen molar-refractivity contribution in [2.24, 2.45) is 5.73 Å². The number of aromatic nitrogens is 1. The fourth-order valence-electron chi connectivity index (χ4n) is 1.35. The molecule has 88 valence electrons. The standard InChI is InChI=1S/C9H10F2N2O3/c10-9(11)8-4(2-12)6(14)3-13-5(8)1-7(15)16/h3,9,14H,1-2,12H2,(H,15,16). The molecule has 0 amide bonds. The van der Waals surface area contributed by atoms with Gasteiger partial charge in [0.25, 0.3) is 6.43 Å². The number of carboxylic acid groups (broad SMARTS) is 1. The van der Waals surface area contributed by atoms with Crippen LogP contribution in [-0.2, 0) is 17.8 Å². The molecular formula is C9H10F2N2O3. The topological polar surface area (TPSA) is 96.4 Å². The maximum absolute atomic E-state index is 12.7. The number of halogens is 2. The van der Waals surface area contributed by atoms with E-state index in [1.165, 1.54) is 0 Å². The first kappa shape index (κ1) is 12.3. The molecule has 0 saturated heterocycles. The van der Waals surface area contributed by atoms with Gasteiger partial charge in [-0.2, -0.15) is 0 Å². The van der Waals surface area contributed by atoms with Crippen LogP contribution in [0.15, 0.2) is 6.20 Å². The van der Waals surface area contributed by atoms with E-state index in [0.717, 1.165) is 6.20 Å². The number of hydrogen-bond acceptors (Lipinski definition) is 4. The lowest BCUT2D eigenvalue weighted by atomic mass is 10.0. The number of aromatic hydroxyl groups is 1. The van der Waals surface area contributed by atoms with E-state index in [1.54, 1.807) is 0 Å². The highest BCUT2D eigenvalue weighted by molar-refractivity contribution is 5.70. The lowest BCUT2D eigenvalue weighted by Crippen LogP contribution is -2.11. The van der Waals surface area contributed by atoms with Gasteiger partial charge in [-0.25, -0.2) is 8.78 Å². The molecule has 0 spiro atoms. The number of carboxylic acids is 1. The molecular weight excluding hydrogens is 222 g/mol. The number of aliphatic carboxylic acids is 1. The van der Waals surface area contributed by atoms with Crippen molar-refractivity contribution in [3.63, 3.8) is 0 Å². The Hall–Kier alpha value is -1.76. The SMILES string of the molecule is NCc1c(O)cnc(CC(=O)O)c1C(F)F. The summed E-state index contributed by atoms with van der Waals surface area (Å²) in [5.74, 6) is -1.73. The first-order valence-electron chi connectivity index (χ1n) is 4.37. The van der Waals surface area contributed by atoms with Crippen molar-refractivity contribution in [2.75, 3.05) is 0 Å². The molecule has 5 nitrogen and oxygen atoms in total. The summed E-state index contributed by atoms with van der Waals surface area (Å²) in [4.78, 5) is 13.9. The van der Waals surface area contributed by atoms with Crippen LogP contribution in [0.25, 0.3) is 0 Å². The molecule has 1 heterocycles. The largest absolute Gasteiger partial charge is 0.506 e.